The molecule has 0 saturated carbocycles. The Balaban J connectivity index is -0.000000236. The summed E-state index contributed by atoms with van der Waals surface area (Å²) in [5.41, 5.74) is 21.2. The maximum absolute atomic E-state index is 11.8. The minimum atomic E-state index is -1.13. The molecule has 0 aliphatic carbocycles. The number of carboxylic acid groups (broad SMARTS) is 3. The standard InChI is InChI=1S/C14H24N4O3.C12H20N4O4.C8H14N4O4.C6H12N4O2.C6H7NO4.C4H6.BH.Cu.U/c1-4-11-10-18(17-16-11)9-7-6-8-12(13(19)5-2)15-14(20)21-3;1-3-9-8-16(15-14-9)7-5-4-6-10(11(17)18)13-12(19)20-2;1-16-8(15)11-6(7(13)14)4-2-3-5-10-12-9;7-5(6(11)12)3-1-2-4-9-10-8;1-4(8)11-7-5(9)2-3-6(7)10;1-3-4-2;;;/h10,12H,4-9H2,1-3H3,(H,15,20);8,10H,3-7H2,1-2H3,(H,13,19)(H,17,18);6H,2-5H2,1H3,(H,11,15)(H,13,14);5H,1-4,7H2,(H,11,12);2-3H2,1H3;1H,4H2,2H3;1H;;/i;;;;;;1T;;. The van der Waals surface area contributed by atoms with Crippen molar-refractivity contribution in [1.82, 2.24) is 51.0 Å². The van der Waals surface area contributed by atoms with Gasteiger partial charge < -0.3 is 60.8 Å². The van der Waals surface area contributed by atoms with Crippen LogP contribution in [0.15, 0.2) is 22.6 Å². The van der Waals surface area contributed by atoms with Crippen LogP contribution in [0.3, 0.4) is 0 Å². The molecule has 3 radical (unpaired) electrons. The number of carbonyl (C=O) groups is 10. The number of Topliss-reactive ketones (excluding diaryl/α,β-unsaturated/α-hetero) is 1. The van der Waals surface area contributed by atoms with Crippen LogP contribution >= 0.6 is 0 Å². The first-order chi connectivity index (χ1) is 41.0. The molecule has 0 aromatic carbocycles. The van der Waals surface area contributed by atoms with E-state index in [2.05, 4.69) is 95.7 Å². The Morgan fingerprint density at radius 2 is 1.08 bits per heavy atom. The first-order valence-electron chi connectivity index (χ1n) is 27.4. The maximum atomic E-state index is 11.8. The van der Waals surface area contributed by atoms with Crippen LogP contribution in [0.1, 0.15) is 149 Å². The molecule has 34 nitrogen and oxygen atoms in total. The third-order valence-electron chi connectivity index (χ3n) is 10.9. The summed E-state index contributed by atoms with van der Waals surface area (Å²) in [5, 5.41) is 58.1. The van der Waals surface area contributed by atoms with Gasteiger partial charge in [0.2, 0.25) is 0 Å². The second-order valence-corrected chi connectivity index (χ2v) is 17.3. The predicted octanol–water partition coefficient (Wildman–Crippen LogP) is 2.63. The van der Waals surface area contributed by atoms with Gasteiger partial charge in [-0.25, -0.2) is 28.8 Å². The average Bonchev–Trinajstić information content (AvgIpc) is 4.38. The minimum absolute atomic E-state index is 0. The van der Waals surface area contributed by atoms with Crippen LogP contribution in [0.25, 0.3) is 20.9 Å². The van der Waals surface area contributed by atoms with E-state index in [1.165, 1.54) is 14.2 Å². The molecule has 5 amide bonds. The van der Waals surface area contributed by atoms with Crippen LogP contribution in [0.2, 0.25) is 0 Å². The van der Waals surface area contributed by atoms with Crippen molar-refractivity contribution in [3.05, 3.63) is 44.7 Å². The second-order valence-electron chi connectivity index (χ2n) is 17.3. The van der Waals surface area contributed by atoms with Crippen LogP contribution in [0.5, 0.6) is 0 Å². The molecule has 2 aromatic rings. The third-order valence-corrected chi connectivity index (χ3v) is 10.9. The van der Waals surface area contributed by atoms with Crippen molar-refractivity contribution in [3.63, 3.8) is 0 Å². The molecular weight excluding hydrogens is 1420 g/mol. The van der Waals surface area contributed by atoms with E-state index in [1.807, 2.05) is 37.8 Å². The van der Waals surface area contributed by atoms with Crippen LogP contribution in [-0.2, 0) is 95.6 Å². The number of aliphatic carboxylic acids is 3. The molecule has 489 valence electrons. The zero-order valence-electron chi connectivity index (χ0n) is 51.5. The predicted molar refractivity (Wildman–Crippen MR) is 302 cm³/mol. The fourth-order valence-corrected chi connectivity index (χ4v) is 6.24. The van der Waals surface area contributed by atoms with E-state index in [0.717, 1.165) is 70.5 Å². The van der Waals surface area contributed by atoms with E-state index < -0.39 is 78.1 Å². The summed E-state index contributed by atoms with van der Waals surface area (Å²) in [4.78, 5) is 118. The number of unbranched alkanes of at least 4 members (excludes halogenated alkanes) is 4. The molecule has 4 unspecified atom stereocenters. The Bertz CT molecular complexity index is 2450. The van der Waals surface area contributed by atoms with Gasteiger partial charge >= 0.3 is 36.2 Å². The molecule has 4 atom stereocenters. The van der Waals surface area contributed by atoms with Gasteiger partial charge in [0.25, 0.3) is 11.8 Å². The van der Waals surface area contributed by atoms with E-state index in [4.69, 9.17) is 29.0 Å². The quantitative estimate of drug-likeness (QED) is 0.00923. The van der Waals surface area contributed by atoms with Gasteiger partial charge in [-0.15, -0.1) is 27.6 Å². The SMILES string of the molecule is C#CCC.CC(=O)ON1C(=O)CCC1=O.CCC(=O)C(CCCCn1cc(CC)nn1)NC(=O)OC.CCc1cn(CCCCC(NC(=O)OC)C(=O)O)nn1.COC(=O)NC(CCCCN=[N+]=[N-])C(=O)O.[3H][B].[Cu].[N-]=[N+]=NCCCCC([NH3+])C(=O)[O-].[U]. The molecule has 1 fully saturated rings. The van der Waals surface area contributed by atoms with Crippen molar-refractivity contribution < 1.29 is 136 Å². The summed E-state index contributed by atoms with van der Waals surface area (Å²) in [7, 11) is 7.40. The fraction of sp³-hybridized carbons (Fsp3) is 0.680. The number of nitrogens with one attached hydrogen (secondary N) is 3. The van der Waals surface area contributed by atoms with E-state index >= 15 is 0 Å². The number of hydrogen-bond donors (Lipinski definition) is 6. The molecule has 0 bridgehead atoms. The Labute approximate surface area is 542 Å². The molecule has 1 aliphatic heterocycles. The van der Waals surface area contributed by atoms with Crippen molar-refractivity contribution in [2.75, 3.05) is 34.4 Å². The van der Waals surface area contributed by atoms with Gasteiger partial charge in [-0.05, 0) is 89.4 Å². The van der Waals surface area contributed by atoms with Crippen LogP contribution < -0.4 is 26.8 Å². The van der Waals surface area contributed by atoms with Crippen LogP contribution in [-0.4, -0.2) is 173 Å². The number of hydroxylamine groups is 2. The molecule has 1 saturated heterocycles. The van der Waals surface area contributed by atoms with Crippen molar-refractivity contribution in [3.8, 4) is 12.3 Å². The topological polar surface area (TPSA) is 497 Å². The molecule has 87 heavy (non-hydrogen) atoms. The van der Waals surface area contributed by atoms with Crippen molar-refractivity contribution in [1.29, 1.82) is 1.34 Å². The summed E-state index contributed by atoms with van der Waals surface area (Å²) in [6, 6.07) is -3.02. The maximum Gasteiger partial charge on any atom is 0.407 e. The van der Waals surface area contributed by atoms with Crippen molar-refractivity contribution >= 4 is 68.1 Å². The molecule has 8 N–H and O–H groups in total. The van der Waals surface area contributed by atoms with Crippen LogP contribution in [0.4, 0.5) is 14.4 Å². The number of quaternary nitrogens is 1. The summed E-state index contributed by atoms with van der Waals surface area (Å²) >= 11 is 0. The normalized spacial score (nSPS) is 11.8. The Morgan fingerprint density at radius 1 is 0.724 bits per heavy atom. The average molecular weight is 1510 g/mol. The molecule has 3 heterocycles. The van der Waals surface area contributed by atoms with Gasteiger partial charge in [0, 0.05) is 144 Å². The first kappa shape index (κ1) is 88.3. The van der Waals surface area contributed by atoms with Gasteiger partial charge in [-0.2, -0.15) is 0 Å². The number of ether oxygens (including phenoxy) is 3. The van der Waals surface area contributed by atoms with E-state index in [1.54, 1.807) is 11.6 Å². The summed E-state index contributed by atoms with van der Waals surface area (Å²) in [6.07, 6.45) is 17.1. The number of amides is 5. The van der Waals surface area contributed by atoms with Crippen molar-refractivity contribution in [2.24, 2.45) is 10.2 Å². The summed E-state index contributed by atoms with van der Waals surface area (Å²) < 4.78 is 22.0. The number of rotatable bonds is 31. The van der Waals surface area contributed by atoms with Gasteiger partial charge in [-0.1, -0.05) is 54.8 Å². The number of alkyl carbamates (subject to hydrolysis) is 3. The van der Waals surface area contributed by atoms with Gasteiger partial charge in [0.05, 0.1) is 44.7 Å². The van der Waals surface area contributed by atoms with Crippen LogP contribution in [0, 0.1) is 43.5 Å². The zero-order valence-corrected chi connectivity index (χ0v) is 55.6. The number of azide groups is 2. The molecule has 1 aliphatic rings. The Morgan fingerprint density at radius 3 is 1.38 bits per heavy atom. The Hall–Kier alpha value is -7.44. The Kier molecular flexibility index (Phi) is 59.8. The van der Waals surface area contributed by atoms with Gasteiger partial charge in [-0.3, -0.25) is 23.7 Å². The number of ketones is 1. The number of methoxy groups -OCH3 is 3. The molecule has 37 heteroatoms. The number of terminal acetylenes is 1. The third kappa shape index (κ3) is 49.4. The monoisotopic (exact) mass is 1510 g/mol. The number of carboxylic acids is 3. The number of carbonyl (C=O) groups excluding carboxylic acids is 8. The van der Waals surface area contributed by atoms with Crippen molar-refractivity contribution in [2.45, 2.75) is 187 Å². The van der Waals surface area contributed by atoms with Gasteiger partial charge in [0.1, 0.15) is 18.1 Å². The number of nitrogens with zero attached hydrogens (tertiary/aromatic N) is 13. The molecule has 3 rings (SSSR count). The molecular formula is C50H84BCuN17O17U. The molecule has 0 spiro atoms. The number of aromatic nitrogens is 6. The van der Waals surface area contributed by atoms with E-state index in [0.29, 0.717) is 82.5 Å². The largest absolute Gasteiger partial charge is 0.544 e. The van der Waals surface area contributed by atoms with Gasteiger partial charge in [0.15, 0.2) is 5.78 Å². The first-order valence-corrected chi connectivity index (χ1v) is 26.8. The fourth-order valence-electron chi connectivity index (χ4n) is 6.24. The number of imide groups is 1. The summed E-state index contributed by atoms with van der Waals surface area (Å²) in [6.45, 7) is 11.1. The second kappa shape index (κ2) is 58.9. The minimum Gasteiger partial charge on any atom is -0.544 e. The number of aryl methyl sites for hydroxylation is 4. The van der Waals surface area contributed by atoms with E-state index in [9.17, 15) is 53.1 Å². The number of hydrogen-bond acceptors (Lipinski definition) is 21. The van der Waals surface area contributed by atoms with E-state index in [-0.39, 0.29) is 73.2 Å². The zero-order chi connectivity index (χ0) is 66.3. The smallest absolute Gasteiger partial charge is 0.407 e. The summed E-state index contributed by atoms with van der Waals surface area (Å²) in [5.74, 6) is -2.42. The molecule has 2 aromatic heterocycles.